The molecular formula is C17H27FN2O. The van der Waals surface area contributed by atoms with Crippen LogP contribution in [0.25, 0.3) is 0 Å². The number of ether oxygens (including phenoxy) is 1. The molecule has 1 aliphatic rings. The number of methoxy groups -OCH3 is 1. The Balaban J connectivity index is 1.81. The van der Waals surface area contributed by atoms with Crippen molar-refractivity contribution in [1.82, 2.24) is 10.2 Å². The van der Waals surface area contributed by atoms with Gasteiger partial charge in [0.1, 0.15) is 0 Å². The normalized spacial score (nSPS) is 18.7. The molecule has 2 unspecified atom stereocenters. The first-order valence-corrected chi connectivity index (χ1v) is 7.89. The molecule has 2 rings (SSSR count). The van der Waals surface area contributed by atoms with Gasteiger partial charge in [-0.3, -0.25) is 0 Å². The molecule has 3 nitrogen and oxygen atoms in total. The van der Waals surface area contributed by atoms with Crippen molar-refractivity contribution >= 4 is 0 Å². The molecule has 2 atom stereocenters. The molecule has 0 amide bonds. The molecule has 21 heavy (non-hydrogen) atoms. The van der Waals surface area contributed by atoms with Crippen LogP contribution in [0.1, 0.15) is 38.3 Å². The van der Waals surface area contributed by atoms with Gasteiger partial charge in [-0.15, -0.1) is 0 Å². The second-order valence-corrected chi connectivity index (χ2v) is 6.14. The minimum Gasteiger partial charge on any atom is -0.494 e. The molecule has 4 heteroatoms. The van der Waals surface area contributed by atoms with E-state index in [1.807, 2.05) is 6.07 Å². The van der Waals surface area contributed by atoms with Crippen LogP contribution in [0.5, 0.6) is 5.75 Å². The molecule has 0 spiro atoms. The van der Waals surface area contributed by atoms with E-state index in [4.69, 9.17) is 4.74 Å². The summed E-state index contributed by atoms with van der Waals surface area (Å²) in [5.74, 6) is 0.620. The Labute approximate surface area is 127 Å². The highest BCUT2D eigenvalue weighted by Gasteiger charge is 2.15. The number of nitrogens with one attached hydrogen (secondary N) is 1. The van der Waals surface area contributed by atoms with E-state index in [1.165, 1.54) is 39.1 Å². The van der Waals surface area contributed by atoms with Crippen molar-refractivity contribution in [3.8, 4) is 5.75 Å². The van der Waals surface area contributed by atoms with Crippen LogP contribution in [0.3, 0.4) is 0 Å². The van der Waals surface area contributed by atoms with Crippen LogP contribution in [0.4, 0.5) is 4.39 Å². The van der Waals surface area contributed by atoms with Crippen molar-refractivity contribution in [3.05, 3.63) is 29.6 Å². The van der Waals surface area contributed by atoms with Gasteiger partial charge in [-0.25, -0.2) is 4.39 Å². The third-order valence-corrected chi connectivity index (χ3v) is 4.22. The van der Waals surface area contributed by atoms with Gasteiger partial charge in [-0.1, -0.05) is 13.0 Å². The summed E-state index contributed by atoms with van der Waals surface area (Å²) in [6, 6.07) is 5.26. The lowest BCUT2D eigenvalue weighted by atomic mass is 10.1. The predicted octanol–water partition coefficient (Wildman–Crippen LogP) is 3.22. The molecule has 1 heterocycles. The van der Waals surface area contributed by atoms with Crippen molar-refractivity contribution in [3.63, 3.8) is 0 Å². The molecule has 1 aromatic rings. The summed E-state index contributed by atoms with van der Waals surface area (Å²) in [5.41, 5.74) is 1.06. The van der Waals surface area contributed by atoms with Crippen molar-refractivity contribution in [2.75, 3.05) is 33.3 Å². The largest absolute Gasteiger partial charge is 0.494 e. The summed E-state index contributed by atoms with van der Waals surface area (Å²) in [6.45, 7) is 9.01. The predicted molar refractivity (Wildman–Crippen MR) is 84.2 cm³/mol. The van der Waals surface area contributed by atoms with E-state index < -0.39 is 0 Å². The third kappa shape index (κ3) is 4.68. The average molecular weight is 294 g/mol. The van der Waals surface area contributed by atoms with Crippen molar-refractivity contribution < 1.29 is 9.13 Å². The fourth-order valence-electron chi connectivity index (χ4n) is 2.91. The third-order valence-electron chi connectivity index (χ3n) is 4.22. The first-order valence-electron chi connectivity index (χ1n) is 7.89. The first kappa shape index (κ1) is 16.2. The van der Waals surface area contributed by atoms with Gasteiger partial charge in [-0.05, 0) is 63.0 Å². The van der Waals surface area contributed by atoms with Crippen LogP contribution < -0.4 is 10.1 Å². The zero-order valence-corrected chi connectivity index (χ0v) is 13.4. The van der Waals surface area contributed by atoms with Gasteiger partial charge in [0.15, 0.2) is 11.6 Å². The van der Waals surface area contributed by atoms with Gasteiger partial charge in [-0.2, -0.15) is 0 Å². The Morgan fingerprint density at radius 2 is 2.00 bits per heavy atom. The first-order chi connectivity index (χ1) is 10.1. The topological polar surface area (TPSA) is 24.5 Å². The van der Waals surface area contributed by atoms with Crippen molar-refractivity contribution in [2.45, 2.75) is 32.7 Å². The Morgan fingerprint density at radius 3 is 2.67 bits per heavy atom. The van der Waals surface area contributed by atoms with E-state index in [9.17, 15) is 4.39 Å². The van der Waals surface area contributed by atoms with E-state index in [1.54, 1.807) is 6.07 Å². The summed E-state index contributed by atoms with van der Waals surface area (Å²) >= 11 is 0. The molecule has 1 fully saturated rings. The number of hydrogen-bond donors (Lipinski definition) is 1. The van der Waals surface area contributed by atoms with Gasteiger partial charge in [0, 0.05) is 12.6 Å². The summed E-state index contributed by atoms with van der Waals surface area (Å²) in [6.07, 6.45) is 2.68. The molecule has 0 saturated carbocycles. The van der Waals surface area contributed by atoms with Gasteiger partial charge in [0.2, 0.25) is 0 Å². The summed E-state index contributed by atoms with van der Waals surface area (Å²) in [4.78, 5) is 2.54. The lowest BCUT2D eigenvalue weighted by Gasteiger charge is -2.23. The number of rotatable bonds is 7. The minimum atomic E-state index is -0.309. The SMILES string of the molecule is COc1cc(C(C)NCC(C)CN2CCCC2)ccc1F. The zero-order chi connectivity index (χ0) is 15.2. The van der Waals surface area contributed by atoms with Crippen LogP contribution in [0.15, 0.2) is 18.2 Å². The lowest BCUT2D eigenvalue weighted by Crippen LogP contribution is -2.32. The van der Waals surface area contributed by atoms with Gasteiger partial charge in [0.25, 0.3) is 0 Å². The van der Waals surface area contributed by atoms with Gasteiger partial charge >= 0.3 is 0 Å². The van der Waals surface area contributed by atoms with E-state index >= 15 is 0 Å². The minimum absolute atomic E-state index is 0.195. The van der Waals surface area contributed by atoms with Crippen LogP contribution in [0, 0.1) is 11.7 Å². The zero-order valence-electron chi connectivity index (χ0n) is 13.4. The fourth-order valence-corrected chi connectivity index (χ4v) is 2.91. The highest BCUT2D eigenvalue weighted by Crippen LogP contribution is 2.22. The second kappa shape index (κ2) is 7.76. The maximum Gasteiger partial charge on any atom is 0.165 e. The van der Waals surface area contributed by atoms with Gasteiger partial charge < -0.3 is 15.0 Å². The average Bonchev–Trinajstić information content (AvgIpc) is 2.98. The number of nitrogens with zero attached hydrogens (tertiary/aromatic N) is 1. The Kier molecular flexibility index (Phi) is 6.00. The highest BCUT2D eigenvalue weighted by atomic mass is 19.1. The van der Waals surface area contributed by atoms with Crippen LogP contribution in [0.2, 0.25) is 0 Å². The smallest absolute Gasteiger partial charge is 0.165 e. The molecular weight excluding hydrogens is 267 g/mol. The lowest BCUT2D eigenvalue weighted by molar-refractivity contribution is 0.279. The molecule has 118 valence electrons. The molecule has 0 aliphatic carbocycles. The monoisotopic (exact) mass is 294 g/mol. The van der Waals surface area contributed by atoms with Crippen LogP contribution in [-0.4, -0.2) is 38.2 Å². The van der Waals surface area contributed by atoms with Gasteiger partial charge in [0.05, 0.1) is 7.11 Å². The van der Waals surface area contributed by atoms with Crippen molar-refractivity contribution in [2.24, 2.45) is 5.92 Å². The summed E-state index contributed by atoms with van der Waals surface area (Å²) < 4.78 is 18.5. The fraction of sp³-hybridized carbons (Fsp3) is 0.647. The maximum absolute atomic E-state index is 13.4. The molecule has 1 N–H and O–H groups in total. The number of halogens is 1. The van der Waals surface area contributed by atoms with E-state index in [0.29, 0.717) is 11.7 Å². The molecule has 0 bridgehead atoms. The van der Waals surface area contributed by atoms with E-state index in [0.717, 1.165) is 18.7 Å². The quantitative estimate of drug-likeness (QED) is 0.835. The highest BCUT2D eigenvalue weighted by molar-refractivity contribution is 5.31. The van der Waals surface area contributed by atoms with E-state index in [2.05, 4.69) is 24.1 Å². The molecule has 0 aromatic heterocycles. The molecule has 0 radical (unpaired) electrons. The maximum atomic E-state index is 13.4. The molecule has 1 saturated heterocycles. The molecule has 1 aromatic carbocycles. The van der Waals surface area contributed by atoms with Crippen LogP contribution in [-0.2, 0) is 0 Å². The summed E-state index contributed by atoms with van der Waals surface area (Å²) in [7, 11) is 1.50. The van der Waals surface area contributed by atoms with Crippen LogP contribution >= 0.6 is 0 Å². The van der Waals surface area contributed by atoms with Crippen molar-refractivity contribution in [1.29, 1.82) is 0 Å². The Bertz CT molecular complexity index is 446. The summed E-state index contributed by atoms with van der Waals surface area (Å²) in [5, 5.41) is 3.54. The number of hydrogen-bond acceptors (Lipinski definition) is 3. The van der Waals surface area contributed by atoms with E-state index in [-0.39, 0.29) is 11.9 Å². The molecule has 1 aliphatic heterocycles. The standard InChI is InChI=1S/C17H27FN2O/c1-13(12-20-8-4-5-9-20)11-19-14(2)15-6-7-16(18)17(10-15)21-3/h6-7,10,13-14,19H,4-5,8-9,11-12H2,1-3H3. The Hall–Kier alpha value is -1.13. The second-order valence-electron chi connectivity index (χ2n) is 6.14. The Morgan fingerprint density at radius 1 is 1.29 bits per heavy atom. The number of benzene rings is 1. The number of likely N-dealkylation sites (tertiary alicyclic amines) is 1.